The normalized spacial score (nSPS) is 11.9. The summed E-state index contributed by atoms with van der Waals surface area (Å²) in [5.41, 5.74) is 2.84. The Balaban J connectivity index is 1.62. The Morgan fingerprint density at radius 1 is 1.07 bits per heavy atom. The number of benzene rings is 2. The van der Waals surface area contributed by atoms with E-state index in [0.717, 1.165) is 11.3 Å². The van der Waals surface area contributed by atoms with Crippen LogP contribution >= 0.6 is 11.3 Å². The smallest absolute Gasteiger partial charge is 0.240 e. The van der Waals surface area contributed by atoms with E-state index >= 15 is 0 Å². The van der Waals surface area contributed by atoms with E-state index in [1.807, 2.05) is 41.8 Å². The van der Waals surface area contributed by atoms with E-state index in [0.29, 0.717) is 22.5 Å². The monoisotopic (exact) mass is 425 g/mol. The standard InChI is InChI=1S/C23H27N3O3S/c1-15(2)22(16-8-6-5-7-9-16)24-13-21(27)26-23-25-18(14-30-23)17-10-11-19(28-3)20(12-17)29-4/h5-12,14-15,22,24H,13H2,1-4H3,(H,25,26,27)/t22-/m1/s1. The number of aromatic nitrogens is 1. The molecule has 158 valence electrons. The number of hydrogen-bond donors (Lipinski definition) is 2. The molecule has 1 aromatic heterocycles. The predicted octanol–water partition coefficient (Wildman–Crippen LogP) is 4.75. The van der Waals surface area contributed by atoms with Crippen LogP contribution in [0.5, 0.6) is 11.5 Å². The lowest BCUT2D eigenvalue weighted by molar-refractivity contribution is -0.115. The second-order valence-electron chi connectivity index (χ2n) is 7.17. The Bertz CT molecular complexity index is 973. The lowest BCUT2D eigenvalue weighted by Crippen LogP contribution is -2.33. The number of rotatable bonds is 9. The molecule has 0 saturated carbocycles. The third-order valence-electron chi connectivity index (χ3n) is 4.74. The molecule has 1 amide bonds. The molecule has 1 heterocycles. The summed E-state index contributed by atoms with van der Waals surface area (Å²) in [7, 11) is 3.20. The maximum absolute atomic E-state index is 12.5. The Morgan fingerprint density at radius 2 is 1.80 bits per heavy atom. The van der Waals surface area contributed by atoms with Gasteiger partial charge >= 0.3 is 0 Å². The Hall–Kier alpha value is -2.90. The molecule has 30 heavy (non-hydrogen) atoms. The van der Waals surface area contributed by atoms with Crippen LogP contribution in [0.4, 0.5) is 5.13 Å². The van der Waals surface area contributed by atoms with Crippen LogP contribution in [0.2, 0.25) is 0 Å². The molecule has 0 aliphatic heterocycles. The van der Waals surface area contributed by atoms with Crippen molar-refractivity contribution in [1.29, 1.82) is 0 Å². The summed E-state index contributed by atoms with van der Waals surface area (Å²) in [4.78, 5) is 17.0. The van der Waals surface area contributed by atoms with Gasteiger partial charge in [-0.2, -0.15) is 0 Å². The Labute approximate surface area is 181 Å². The van der Waals surface area contributed by atoms with E-state index in [9.17, 15) is 4.79 Å². The van der Waals surface area contributed by atoms with Crippen LogP contribution in [-0.2, 0) is 4.79 Å². The van der Waals surface area contributed by atoms with E-state index in [1.54, 1.807) is 14.2 Å². The minimum Gasteiger partial charge on any atom is -0.493 e. The SMILES string of the molecule is COc1ccc(-c2csc(NC(=O)CN[C@@H](c3ccccc3)C(C)C)n2)cc1OC. The molecule has 0 fully saturated rings. The molecule has 0 aliphatic carbocycles. The number of amides is 1. The predicted molar refractivity (Wildman–Crippen MR) is 121 cm³/mol. The van der Waals surface area contributed by atoms with E-state index in [4.69, 9.17) is 9.47 Å². The molecule has 2 N–H and O–H groups in total. The highest BCUT2D eigenvalue weighted by Gasteiger charge is 2.17. The van der Waals surface area contributed by atoms with Crippen molar-refractivity contribution >= 4 is 22.4 Å². The average molecular weight is 426 g/mol. The van der Waals surface area contributed by atoms with Crippen molar-refractivity contribution in [3.05, 3.63) is 59.5 Å². The van der Waals surface area contributed by atoms with Gasteiger partial charge in [-0.3, -0.25) is 4.79 Å². The van der Waals surface area contributed by atoms with Gasteiger partial charge in [-0.15, -0.1) is 11.3 Å². The molecule has 3 rings (SSSR count). The minimum atomic E-state index is -0.121. The van der Waals surface area contributed by atoms with Gasteiger partial charge in [0.2, 0.25) is 5.91 Å². The first kappa shape index (κ1) is 21.8. The number of nitrogens with zero attached hydrogens (tertiary/aromatic N) is 1. The minimum absolute atomic E-state index is 0.107. The third kappa shape index (κ3) is 5.37. The Morgan fingerprint density at radius 3 is 2.47 bits per heavy atom. The lowest BCUT2D eigenvalue weighted by Gasteiger charge is -2.22. The number of ether oxygens (including phenoxy) is 2. The topological polar surface area (TPSA) is 72.5 Å². The molecular weight excluding hydrogens is 398 g/mol. The van der Waals surface area contributed by atoms with Gasteiger partial charge in [-0.1, -0.05) is 44.2 Å². The van der Waals surface area contributed by atoms with Crippen LogP contribution in [0.3, 0.4) is 0 Å². The van der Waals surface area contributed by atoms with Gasteiger partial charge in [0.15, 0.2) is 16.6 Å². The number of hydrogen-bond acceptors (Lipinski definition) is 6. The molecule has 0 spiro atoms. The van der Waals surface area contributed by atoms with Crippen molar-refractivity contribution in [2.24, 2.45) is 5.92 Å². The summed E-state index contributed by atoms with van der Waals surface area (Å²) in [6.07, 6.45) is 0. The number of carbonyl (C=O) groups is 1. The van der Waals surface area contributed by atoms with E-state index in [1.165, 1.54) is 16.9 Å². The zero-order valence-electron chi connectivity index (χ0n) is 17.6. The fourth-order valence-electron chi connectivity index (χ4n) is 3.22. The molecule has 6 nitrogen and oxygen atoms in total. The molecule has 7 heteroatoms. The van der Waals surface area contributed by atoms with Crippen LogP contribution < -0.4 is 20.1 Å². The quantitative estimate of drug-likeness (QED) is 0.517. The van der Waals surface area contributed by atoms with Crippen LogP contribution in [0.15, 0.2) is 53.9 Å². The van der Waals surface area contributed by atoms with Crippen molar-refractivity contribution in [2.45, 2.75) is 19.9 Å². The second-order valence-corrected chi connectivity index (χ2v) is 8.03. The number of methoxy groups -OCH3 is 2. The highest BCUT2D eigenvalue weighted by molar-refractivity contribution is 7.14. The van der Waals surface area contributed by atoms with E-state index in [-0.39, 0.29) is 18.5 Å². The number of anilines is 1. The summed E-state index contributed by atoms with van der Waals surface area (Å²) in [6.45, 7) is 4.49. The fraction of sp³-hybridized carbons (Fsp3) is 0.304. The first-order valence-electron chi connectivity index (χ1n) is 9.78. The summed E-state index contributed by atoms with van der Waals surface area (Å²) < 4.78 is 10.6. The zero-order chi connectivity index (χ0) is 21.5. The molecule has 1 atom stereocenters. The highest BCUT2D eigenvalue weighted by atomic mass is 32.1. The van der Waals surface area contributed by atoms with Crippen LogP contribution in [0, 0.1) is 5.92 Å². The largest absolute Gasteiger partial charge is 0.493 e. The van der Waals surface area contributed by atoms with Gasteiger partial charge in [0.25, 0.3) is 0 Å². The van der Waals surface area contributed by atoms with Crippen molar-refractivity contribution < 1.29 is 14.3 Å². The number of thiazole rings is 1. The van der Waals surface area contributed by atoms with Crippen molar-refractivity contribution in [3.63, 3.8) is 0 Å². The molecule has 0 radical (unpaired) electrons. The van der Waals surface area contributed by atoms with Gasteiger partial charge < -0.3 is 20.1 Å². The molecule has 0 unspecified atom stereocenters. The van der Waals surface area contributed by atoms with Gasteiger partial charge in [-0.25, -0.2) is 4.98 Å². The summed E-state index contributed by atoms with van der Waals surface area (Å²) >= 11 is 1.39. The molecular formula is C23H27N3O3S. The van der Waals surface area contributed by atoms with Crippen molar-refractivity contribution in [3.8, 4) is 22.8 Å². The van der Waals surface area contributed by atoms with Gasteiger partial charge in [0.1, 0.15) is 0 Å². The first-order valence-corrected chi connectivity index (χ1v) is 10.7. The molecule has 0 aliphatic rings. The molecule has 0 bridgehead atoms. The van der Waals surface area contributed by atoms with Gasteiger partial charge in [0, 0.05) is 17.0 Å². The van der Waals surface area contributed by atoms with Crippen LogP contribution in [0.25, 0.3) is 11.3 Å². The average Bonchev–Trinajstić information content (AvgIpc) is 3.22. The van der Waals surface area contributed by atoms with Crippen LogP contribution in [0.1, 0.15) is 25.5 Å². The third-order valence-corrected chi connectivity index (χ3v) is 5.50. The summed E-state index contributed by atoms with van der Waals surface area (Å²) in [6, 6.07) is 15.9. The summed E-state index contributed by atoms with van der Waals surface area (Å²) in [5, 5.41) is 8.71. The number of nitrogens with one attached hydrogen (secondary N) is 2. The summed E-state index contributed by atoms with van der Waals surface area (Å²) in [5.74, 6) is 1.54. The Kier molecular flexibility index (Phi) is 7.43. The lowest BCUT2D eigenvalue weighted by atomic mass is 9.96. The second kappa shape index (κ2) is 10.2. The number of carbonyl (C=O) groups excluding carboxylic acids is 1. The first-order chi connectivity index (χ1) is 14.5. The van der Waals surface area contributed by atoms with Crippen molar-refractivity contribution in [1.82, 2.24) is 10.3 Å². The van der Waals surface area contributed by atoms with Crippen LogP contribution in [-0.4, -0.2) is 31.7 Å². The van der Waals surface area contributed by atoms with E-state index in [2.05, 4.69) is 41.6 Å². The van der Waals surface area contributed by atoms with Crippen molar-refractivity contribution in [2.75, 3.05) is 26.1 Å². The highest BCUT2D eigenvalue weighted by Crippen LogP contribution is 2.33. The van der Waals surface area contributed by atoms with Gasteiger partial charge in [0.05, 0.1) is 26.5 Å². The molecule has 3 aromatic rings. The molecule has 0 saturated heterocycles. The zero-order valence-corrected chi connectivity index (χ0v) is 18.5. The maximum atomic E-state index is 12.5. The van der Waals surface area contributed by atoms with Gasteiger partial charge in [-0.05, 0) is 29.7 Å². The van der Waals surface area contributed by atoms with E-state index < -0.39 is 0 Å². The maximum Gasteiger partial charge on any atom is 0.240 e. The fourth-order valence-corrected chi connectivity index (χ4v) is 3.96. The molecule has 2 aromatic carbocycles.